The Morgan fingerprint density at radius 3 is 2.54 bits per heavy atom. The third kappa shape index (κ3) is 5.01. The Kier molecular flexibility index (Phi) is 5.72. The molecule has 0 bridgehead atoms. The molecule has 1 aliphatic carbocycles. The molecule has 4 heteroatoms. The van der Waals surface area contributed by atoms with Gasteiger partial charge in [0, 0.05) is 25.7 Å². The van der Waals surface area contributed by atoms with E-state index in [0.717, 1.165) is 29.7 Å². The first kappa shape index (κ1) is 16.4. The van der Waals surface area contributed by atoms with Gasteiger partial charge in [-0.25, -0.2) is 0 Å². The molecule has 4 nitrogen and oxygen atoms in total. The van der Waals surface area contributed by atoms with Crippen molar-refractivity contribution in [2.24, 2.45) is 10.9 Å². The second-order valence-electron chi connectivity index (χ2n) is 6.13. The van der Waals surface area contributed by atoms with Crippen LogP contribution in [0.25, 0.3) is 0 Å². The molecule has 24 heavy (non-hydrogen) atoms. The first-order valence-electron chi connectivity index (χ1n) is 8.54. The molecule has 2 N–H and O–H groups in total. The molecule has 0 spiro atoms. The van der Waals surface area contributed by atoms with Crippen molar-refractivity contribution in [2.45, 2.75) is 26.0 Å². The molecule has 3 rings (SSSR count). The highest BCUT2D eigenvalue weighted by molar-refractivity contribution is 5.79. The molecule has 1 fully saturated rings. The Morgan fingerprint density at radius 1 is 1.04 bits per heavy atom. The molecule has 0 saturated heterocycles. The van der Waals surface area contributed by atoms with Gasteiger partial charge in [-0.15, -0.1) is 0 Å². The maximum Gasteiger partial charge on any atom is 0.191 e. The van der Waals surface area contributed by atoms with Crippen LogP contribution in [0.15, 0.2) is 59.6 Å². The molecular formula is C20H25N3O. The summed E-state index contributed by atoms with van der Waals surface area (Å²) < 4.78 is 6.00. The zero-order valence-electron chi connectivity index (χ0n) is 14.2. The van der Waals surface area contributed by atoms with Crippen molar-refractivity contribution in [3.8, 4) is 5.75 Å². The van der Waals surface area contributed by atoms with Crippen LogP contribution in [-0.4, -0.2) is 19.6 Å². The quantitative estimate of drug-likeness (QED) is 0.607. The number of ether oxygens (including phenoxy) is 1. The van der Waals surface area contributed by atoms with Gasteiger partial charge in [-0.05, 0) is 30.4 Å². The Balaban J connectivity index is 1.54. The van der Waals surface area contributed by atoms with Gasteiger partial charge in [0.15, 0.2) is 5.96 Å². The van der Waals surface area contributed by atoms with E-state index in [0.29, 0.717) is 13.2 Å². The number of hydrogen-bond acceptors (Lipinski definition) is 2. The van der Waals surface area contributed by atoms with Gasteiger partial charge in [0.25, 0.3) is 0 Å². The number of benzene rings is 2. The van der Waals surface area contributed by atoms with E-state index < -0.39 is 0 Å². The van der Waals surface area contributed by atoms with E-state index in [1.807, 2.05) is 36.4 Å². The summed E-state index contributed by atoms with van der Waals surface area (Å²) in [5.74, 6) is 2.58. The van der Waals surface area contributed by atoms with Crippen LogP contribution in [-0.2, 0) is 13.2 Å². The lowest BCUT2D eigenvalue weighted by Gasteiger charge is -2.15. The number of rotatable bonds is 7. The van der Waals surface area contributed by atoms with Crippen molar-refractivity contribution >= 4 is 5.96 Å². The summed E-state index contributed by atoms with van der Waals surface area (Å²) in [4.78, 5) is 4.28. The van der Waals surface area contributed by atoms with Gasteiger partial charge in [-0.3, -0.25) is 4.99 Å². The molecule has 0 unspecified atom stereocenters. The van der Waals surface area contributed by atoms with Crippen molar-refractivity contribution in [2.75, 3.05) is 13.6 Å². The molecule has 0 aliphatic heterocycles. The van der Waals surface area contributed by atoms with E-state index in [2.05, 4.69) is 33.8 Å². The summed E-state index contributed by atoms with van der Waals surface area (Å²) >= 11 is 0. The molecule has 1 saturated carbocycles. The van der Waals surface area contributed by atoms with Gasteiger partial charge in [-0.2, -0.15) is 0 Å². The number of nitrogens with one attached hydrogen (secondary N) is 2. The molecule has 1 aliphatic rings. The topological polar surface area (TPSA) is 45.7 Å². The number of nitrogens with zero attached hydrogens (tertiary/aromatic N) is 1. The second-order valence-corrected chi connectivity index (χ2v) is 6.13. The Hall–Kier alpha value is -2.49. The highest BCUT2D eigenvalue weighted by Gasteiger charge is 2.21. The molecule has 2 aromatic rings. The van der Waals surface area contributed by atoms with Crippen LogP contribution in [0.5, 0.6) is 5.75 Å². The van der Waals surface area contributed by atoms with Crippen molar-refractivity contribution in [1.82, 2.24) is 10.6 Å². The van der Waals surface area contributed by atoms with E-state index in [4.69, 9.17) is 4.74 Å². The minimum absolute atomic E-state index is 0.576. The van der Waals surface area contributed by atoms with Crippen molar-refractivity contribution in [3.05, 3.63) is 65.7 Å². The fourth-order valence-electron chi connectivity index (χ4n) is 2.49. The van der Waals surface area contributed by atoms with Crippen LogP contribution >= 0.6 is 0 Å². The van der Waals surface area contributed by atoms with E-state index in [9.17, 15) is 0 Å². The first-order valence-corrected chi connectivity index (χ1v) is 8.54. The molecule has 0 heterocycles. The summed E-state index contributed by atoms with van der Waals surface area (Å²) in [5.41, 5.74) is 2.30. The normalized spacial score (nSPS) is 14.3. The molecule has 0 aromatic heterocycles. The zero-order chi connectivity index (χ0) is 16.6. The maximum atomic E-state index is 6.00. The lowest BCUT2D eigenvalue weighted by molar-refractivity contribution is 0.302. The van der Waals surface area contributed by atoms with Gasteiger partial charge < -0.3 is 15.4 Å². The zero-order valence-corrected chi connectivity index (χ0v) is 14.2. The van der Waals surface area contributed by atoms with Crippen LogP contribution in [0.2, 0.25) is 0 Å². The first-order chi connectivity index (χ1) is 11.8. The van der Waals surface area contributed by atoms with Crippen LogP contribution in [0.4, 0.5) is 0 Å². The highest BCUT2D eigenvalue weighted by atomic mass is 16.5. The smallest absolute Gasteiger partial charge is 0.191 e. The summed E-state index contributed by atoms with van der Waals surface area (Å²) in [7, 11) is 1.81. The third-order valence-corrected chi connectivity index (χ3v) is 4.13. The fraction of sp³-hybridized carbons (Fsp3) is 0.350. The second kappa shape index (κ2) is 8.39. The van der Waals surface area contributed by atoms with Gasteiger partial charge in [0.2, 0.25) is 0 Å². The summed E-state index contributed by atoms with van der Waals surface area (Å²) in [6, 6.07) is 18.4. The number of guanidine groups is 1. The Bertz CT molecular complexity index is 666. The third-order valence-electron chi connectivity index (χ3n) is 4.13. The molecule has 0 radical (unpaired) electrons. The predicted molar refractivity (Wildman–Crippen MR) is 98.1 cm³/mol. The van der Waals surface area contributed by atoms with E-state index in [-0.39, 0.29) is 0 Å². The van der Waals surface area contributed by atoms with Crippen molar-refractivity contribution in [1.29, 1.82) is 0 Å². The summed E-state index contributed by atoms with van der Waals surface area (Å²) in [5, 5.41) is 6.74. The standard InChI is InChI=1S/C20H25N3O/c1-21-20(22-13-16-11-12-16)23-14-18-9-5-6-10-19(18)24-15-17-7-3-2-4-8-17/h2-10,16H,11-15H2,1H3,(H2,21,22,23). The largest absolute Gasteiger partial charge is 0.489 e. The summed E-state index contributed by atoms with van der Waals surface area (Å²) in [6.07, 6.45) is 2.67. The lowest BCUT2D eigenvalue weighted by Crippen LogP contribution is -2.37. The van der Waals surface area contributed by atoms with Crippen LogP contribution in [0.1, 0.15) is 24.0 Å². The monoisotopic (exact) mass is 323 g/mol. The van der Waals surface area contributed by atoms with E-state index >= 15 is 0 Å². The van der Waals surface area contributed by atoms with Crippen LogP contribution in [0.3, 0.4) is 0 Å². The average Bonchev–Trinajstić information content (AvgIpc) is 3.46. The number of aliphatic imine (C=N–C) groups is 1. The van der Waals surface area contributed by atoms with Crippen molar-refractivity contribution in [3.63, 3.8) is 0 Å². The van der Waals surface area contributed by atoms with Crippen LogP contribution < -0.4 is 15.4 Å². The van der Waals surface area contributed by atoms with Gasteiger partial charge in [0.1, 0.15) is 12.4 Å². The maximum absolute atomic E-state index is 6.00. The highest BCUT2D eigenvalue weighted by Crippen LogP contribution is 2.27. The van der Waals surface area contributed by atoms with Crippen LogP contribution in [0, 0.1) is 5.92 Å². The average molecular weight is 323 g/mol. The SMILES string of the molecule is CN=C(NCc1ccccc1OCc1ccccc1)NCC1CC1. The number of para-hydroxylation sites is 1. The minimum Gasteiger partial charge on any atom is -0.489 e. The molecular weight excluding hydrogens is 298 g/mol. The minimum atomic E-state index is 0.576. The van der Waals surface area contributed by atoms with Gasteiger partial charge >= 0.3 is 0 Å². The Labute approximate surface area is 144 Å². The Morgan fingerprint density at radius 2 is 1.79 bits per heavy atom. The molecule has 2 aromatic carbocycles. The molecule has 126 valence electrons. The lowest BCUT2D eigenvalue weighted by atomic mass is 10.2. The molecule has 0 atom stereocenters. The number of hydrogen-bond donors (Lipinski definition) is 2. The summed E-state index contributed by atoms with van der Waals surface area (Å²) in [6.45, 7) is 2.27. The van der Waals surface area contributed by atoms with Crippen molar-refractivity contribution < 1.29 is 4.74 Å². The van der Waals surface area contributed by atoms with E-state index in [1.165, 1.54) is 18.4 Å². The molecule has 0 amide bonds. The fourth-order valence-corrected chi connectivity index (χ4v) is 2.49. The van der Waals surface area contributed by atoms with Gasteiger partial charge in [0.05, 0.1) is 0 Å². The predicted octanol–water partition coefficient (Wildman–Crippen LogP) is 3.34. The van der Waals surface area contributed by atoms with E-state index in [1.54, 1.807) is 7.05 Å². The van der Waals surface area contributed by atoms with Gasteiger partial charge in [-0.1, -0.05) is 48.5 Å².